The monoisotopic (exact) mass is 368 g/mol. The Kier molecular flexibility index (Phi) is 6.83. The zero-order chi connectivity index (χ0) is 18.4. The Bertz CT molecular complexity index is 619. The van der Waals surface area contributed by atoms with E-state index in [0.717, 1.165) is 4.90 Å². The highest BCUT2D eigenvalue weighted by Gasteiger charge is 2.50. The highest BCUT2D eigenvalue weighted by Crippen LogP contribution is 2.37. The smallest absolute Gasteiger partial charge is 0.303 e. The molecule has 2 rings (SSSR count). The highest BCUT2D eigenvalue weighted by atomic mass is 32.2. The summed E-state index contributed by atoms with van der Waals surface area (Å²) < 4.78 is 21.5. The molecule has 0 saturated carbocycles. The van der Waals surface area contributed by atoms with Crippen LogP contribution >= 0.6 is 11.8 Å². The van der Waals surface area contributed by atoms with Crippen LogP contribution in [0.5, 0.6) is 0 Å². The van der Waals surface area contributed by atoms with E-state index >= 15 is 0 Å². The molecule has 0 unspecified atom stereocenters. The zero-order valence-corrected chi connectivity index (χ0v) is 15.0. The first-order chi connectivity index (χ1) is 11.9. The zero-order valence-electron chi connectivity index (χ0n) is 14.2. The van der Waals surface area contributed by atoms with Crippen molar-refractivity contribution in [2.24, 2.45) is 0 Å². The lowest BCUT2D eigenvalue weighted by atomic mass is 10.1. The number of carbonyl (C=O) groups is 3. The number of ether oxygens (including phenoxy) is 4. The lowest BCUT2D eigenvalue weighted by Crippen LogP contribution is -2.40. The van der Waals surface area contributed by atoms with E-state index in [1.165, 1.54) is 32.5 Å². The van der Waals surface area contributed by atoms with E-state index in [1.807, 2.05) is 30.3 Å². The largest absolute Gasteiger partial charge is 0.463 e. The Balaban J connectivity index is 2.21. The SMILES string of the molecule is CC(=O)OC[C@H]1O[C@@H](Sc2ccccc2)[C@@H](OC(C)=O)[C@@H]1OC(C)=O. The van der Waals surface area contributed by atoms with Crippen LogP contribution in [0.15, 0.2) is 35.2 Å². The van der Waals surface area contributed by atoms with Crippen molar-refractivity contribution < 1.29 is 33.3 Å². The Morgan fingerprint density at radius 2 is 1.56 bits per heavy atom. The Morgan fingerprint density at radius 3 is 2.12 bits per heavy atom. The van der Waals surface area contributed by atoms with Gasteiger partial charge in [0.15, 0.2) is 12.2 Å². The van der Waals surface area contributed by atoms with E-state index in [-0.39, 0.29) is 6.61 Å². The summed E-state index contributed by atoms with van der Waals surface area (Å²) in [5, 5.41) is 0. The van der Waals surface area contributed by atoms with Gasteiger partial charge in [0.1, 0.15) is 18.1 Å². The van der Waals surface area contributed by atoms with Crippen molar-refractivity contribution in [2.75, 3.05) is 6.61 Å². The molecular formula is C17H20O7S. The molecule has 0 spiro atoms. The van der Waals surface area contributed by atoms with Crippen LogP contribution in [0.1, 0.15) is 20.8 Å². The highest BCUT2D eigenvalue weighted by molar-refractivity contribution is 7.99. The van der Waals surface area contributed by atoms with E-state index in [2.05, 4.69) is 0 Å². The van der Waals surface area contributed by atoms with E-state index in [0.29, 0.717) is 0 Å². The molecule has 0 amide bonds. The van der Waals surface area contributed by atoms with Crippen LogP contribution in [-0.4, -0.2) is 48.3 Å². The number of hydrogen-bond donors (Lipinski definition) is 0. The van der Waals surface area contributed by atoms with Crippen molar-refractivity contribution >= 4 is 29.7 Å². The minimum atomic E-state index is -0.859. The van der Waals surface area contributed by atoms with Crippen molar-refractivity contribution in [1.82, 2.24) is 0 Å². The average molecular weight is 368 g/mol. The first-order valence-corrected chi connectivity index (χ1v) is 8.59. The Morgan fingerprint density at radius 1 is 0.960 bits per heavy atom. The standard InChI is InChI=1S/C17H20O7S/c1-10(18)21-9-14-15(22-11(2)19)16(23-12(3)20)17(24-14)25-13-7-5-4-6-8-13/h4-8,14-17H,9H2,1-3H3/t14-,15-,16+,17+/m1/s1. The van der Waals surface area contributed by atoms with Crippen LogP contribution in [0.2, 0.25) is 0 Å². The minimum Gasteiger partial charge on any atom is -0.463 e. The molecule has 8 heteroatoms. The topological polar surface area (TPSA) is 88.1 Å². The third-order valence-corrected chi connectivity index (χ3v) is 4.47. The predicted molar refractivity (Wildman–Crippen MR) is 88.7 cm³/mol. The van der Waals surface area contributed by atoms with Crippen LogP contribution < -0.4 is 0 Å². The fourth-order valence-corrected chi connectivity index (χ4v) is 3.53. The molecule has 25 heavy (non-hydrogen) atoms. The summed E-state index contributed by atoms with van der Waals surface area (Å²) in [4.78, 5) is 34.9. The van der Waals surface area contributed by atoms with Gasteiger partial charge in [0, 0.05) is 25.7 Å². The van der Waals surface area contributed by atoms with Crippen molar-refractivity contribution in [3.8, 4) is 0 Å². The second-order valence-corrected chi connectivity index (χ2v) is 6.60. The summed E-state index contributed by atoms with van der Waals surface area (Å²) >= 11 is 1.34. The molecule has 0 aromatic heterocycles. The summed E-state index contributed by atoms with van der Waals surface area (Å²) in [7, 11) is 0. The molecule has 1 fully saturated rings. The van der Waals surface area contributed by atoms with Gasteiger partial charge in [0.2, 0.25) is 0 Å². The molecule has 1 heterocycles. The maximum atomic E-state index is 11.5. The average Bonchev–Trinajstić information content (AvgIpc) is 2.82. The van der Waals surface area contributed by atoms with E-state index in [1.54, 1.807) is 0 Å². The summed E-state index contributed by atoms with van der Waals surface area (Å²) in [6.45, 7) is 3.70. The molecule has 1 aromatic carbocycles. The molecule has 1 aliphatic rings. The predicted octanol–water partition coefficient (Wildman–Crippen LogP) is 1.93. The number of esters is 3. The van der Waals surface area contributed by atoms with Crippen LogP contribution in [0.4, 0.5) is 0 Å². The van der Waals surface area contributed by atoms with Gasteiger partial charge in [-0.15, -0.1) is 0 Å². The van der Waals surface area contributed by atoms with Crippen LogP contribution in [0.25, 0.3) is 0 Å². The second kappa shape index (κ2) is 8.87. The van der Waals surface area contributed by atoms with Gasteiger partial charge >= 0.3 is 17.9 Å². The molecule has 1 aromatic rings. The van der Waals surface area contributed by atoms with Crippen molar-refractivity contribution in [3.05, 3.63) is 30.3 Å². The summed E-state index contributed by atoms with van der Waals surface area (Å²) in [5.74, 6) is -1.53. The third-order valence-electron chi connectivity index (χ3n) is 3.32. The lowest BCUT2D eigenvalue weighted by Gasteiger charge is -2.23. The number of thioether (sulfide) groups is 1. The fraction of sp³-hybridized carbons (Fsp3) is 0.471. The number of benzene rings is 1. The van der Waals surface area contributed by atoms with Gasteiger partial charge in [-0.3, -0.25) is 14.4 Å². The molecule has 1 saturated heterocycles. The Labute approximate surface area is 150 Å². The molecule has 0 N–H and O–H groups in total. The van der Waals surface area contributed by atoms with Gasteiger partial charge in [-0.2, -0.15) is 0 Å². The molecular weight excluding hydrogens is 348 g/mol. The maximum absolute atomic E-state index is 11.5. The van der Waals surface area contributed by atoms with Gasteiger partial charge in [0.25, 0.3) is 0 Å². The number of hydrogen-bond acceptors (Lipinski definition) is 8. The van der Waals surface area contributed by atoms with Gasteiger partial charge in [-0.05, 0) is 12.1 Å². The van der Waals surface area contributed by atoms with Crippen LogP contribution in [0, 0.1) is 0 Å². The minimum absolute atomic E-state index is 0.100. The van der Waals surface area contributed by atoms with Gasteiger partial charge < -0.3 is 18.9 Å². The second-order valence-electron chi connectivity index (χ2n) is 5.42. The molecule has 4 atom stereocenters. The van der Waals surface area contributed by atoms with Crippen molar-refractivity contribution in [3.63, 3.8) is 0 Å². The van der Waals surface area contributed by atoms with Gasteiger partial charge in [-0.25, -0.2) is 0 Å². The van der Waals surface area contributed by atoms with Gasteiger partial charge in [-0.1, -0.05) is 30.0 Å². The fourth-order valence-electron chi connectivity index (χ4n) is 2.40. The summed E-state index contributed by atoms with van der Waals surface area (Å²) in [6.07, 6.45) is -2.40. The van der Waals surface area contributed by atoms with Crippen molar-refractivity contribution in [2.45, 2.75) is 49.4 Å². The summed E-state index contributed by atoms with van der Waals surface area (Å²) in [6, 6.07) is 9.41. The summed E-state index contributed by atoms with van der Waals surface area (Å²) in [5.41, 5.74) is -0.601. The maximum Gasteiger partial charge on any atom is 0.303 e. The van der Waals surface area contributed by atoms with Crippen molar-refractivity contribution in [1.29, 1.82) is 0 Å². The molecule has 0 bridgehead atoms. The first kappa shape index (κ1) is 19.3. The van der Waals surface area contributed by atoms with E-state index < -0.39 is 41.7 Å². The molecule has 0 aliphatic carbocycles. The van der Waals surface area contributed by atoms with Crippen LogP contribution in [-0.2, 0) is 33.3 Å². The number of carbonyl (C=O) groups excluding carboxylic acids is 3. The molecule has 136 valence electrons. The quantitative estimate of drug-likeness (QED) is 0.556. The molecule has 1 aliphatic heterocycles. The van der Waals surface area contributed by atoms with E-state index in [9.17, 15) is 14.4 Å². The Hall–Kier alpha value is -2.06. The third kappa shape index (κ3) is 5.75. The van der Waals surface area contributed by atoms with E-state index in [4.69, 9.17) is 18.9 Å². The molecule has 7 nitrogen and oxygen atoms in total. The first-order valence-electron chi connectivity index (χ1n) is 7.71. The normalized spacial score (nSPS) is 25.2. The number of rotatable bonds is 6. The van der Waals surface area contributed by atoms with Gasteiger partial charge in [0.05, 0.1) is 0 Å². The molecule has 0 radical (unpaired) electrons. The lowest BCUT2D eigenvalue weighted by molar-refractivity contribution is -0.165. The van der Waals surface area contributed by atoms with Crippen LogP contribution in [0.3, 0.4) is 0 Å².